The van der Waals surface area contributed by atoms with Crippen LogP contribution in [0.5, 0.6) is 5.75 Å². The maximum atomic E-state index is 11.0. The van der Waals surface area contributed by atoms with E-state index in [0.29, 0.717) is 12.3 Å². The highest BCUT2D eigenvalue weighted by Gasteiger charge is 2.09. The number of nitrogens with zero attached hydrogens (tertiary/aromatic N) is 1. The molecule has 0 amide bonds. The summed E-state index contributed by atoms with van der Waals surface area (Å²) in [6.45, 7) is 1.77. The number of anilines is 1. The van der Waals surface area contributed by atoms with Crippen LogP contribution in [0.2, 0.25) is 0 Å². The summed E-state index contributed by atoms with van der Waals surface area (Å²) >= 11 is 0. The van der Waals surface area contributed by atoms with Gasteiger partial charge in [0.2, 0.25) is 0 Å². The van der Waals surface area contributed by atoms with E-state index in [1.165, 1.54) is 0 Å². The summed E-state index contributed by atoms with van der Waals surface area (Å²) < 4.78 is 9.84. The lowest BCUT2D eigenvalue weighted by Gasteiger charge is -2.08. The van der Waals surface area contributed by atoms with E-state index in [4.69, 9.17) is 15.7 Å². The molecule has 16 heavy (non-hydrogen) atoms. The van der Waals surface area contributed by atoms with E-state index in [-0.39, 0.29) is 17.9 Å². The molecule has 0 saturated carbocycles. The van der Waals surface area contributed by atoms with Crippen molar-refractivity contribution in [1.29, 1.82) is 5.26 Å². The lowest BCUT2D eigenvalue weighted by molar-refractivity contribution is -0.145. The molecule has 0 spiro atoms. The van der Waals surface area contributed by atoms with Crippen LogP contribution in [0.25, 0.3) is 0 Å². The molecule has 0 bridgehead atoms. The Morgan fingerprint density at radius 3 is 2.94 bits per heavy atom. The van der Waals surface area contributed by atoms with Gasteiger partial charge in [-0.25, -0.2) is 4.79 Å². The minimum atomic E-state index is -0.478. The minimum absolute atomic E-state index is 0.229. The smallest absolute Gasteiger partial charge is 0.344 e. The molecule has 5 heteroatoms. The molecule has 1 aromatic rings. The van der Waals surface area contributed by atoms with Crippen LogP contribution in [0.15, 0.2) is 18.2 Å². The van der Waals surface area contributed by atoms with Crippen molar-refractivity contribution in [1.82, 2.24) is 0 Å². The van der Waals surface area contributed by atoms with Crippen LogP contribution in [-0.2, 0) is 9.53 Å². The summed E-state index contributed by atoms with van der Waals surface area (Å²) in [5.74, 6) is -0.190. The number of carbonyl (C=O) groups is 1. The van der Waals surface area contributed by atoms with Gasteiger partial charge in [-0.1, -0.05) is 6.07 Å². The average molecular weight is 220 g/mol. The Balaban J connectivity index is 2.71. The first kappa shape index (κ1) is 11.9. The van der Waals surface area contributed by atoms with Gasteiger partial charge in [-0.2, -0.15) is 5.26 Å². The van der Waals surface area contributed by atoms with Gasteiger partial charge in [0.05, 0.1) is 12.3 Å². The largest absolute Gasteiger partial charge is 0.480 e. The second-order valence-electron chi connectivity index (χ2n) is 2.93. The van der Waals surface area contributed by atoms with Gasteiger partial charge in [0.15, 0.2) is 6.61 Å². The number of carbonyl (C=O) groups excluding carboxylic acids is 1. The van der Waals surface area contributed by atoms with E-state index in [0.717, 1.165) is 0 Å². The molecule has 1 aromatic carbocycles. The van der Waals surface area contributed by atoms with Crippen molar-refractivity contribution in [3.63, 3.8) is 0 Å². The lowest BCUT2D eigenvalue weighted by atomic mass is 10.2. The van der Waals surface area contributed by atoms with Crippen LogP contribution in [0.3, 0.4) is 0 Å². The zero-order valence-corrected chi connectivity index (χ0v) is 8.90. The zero-order valence-electron chi connectivity index (χ0n) is 8.90. The number of ether oxygens (including phenoxy) is 2. The molecule has 0 aliphatic carbocycles. The number of nitriles is 1. The third-order valence-electron chi connectivity index (χ3n) is 1.82. The van der Waals surface area contributed by atoms with Gasteiger partial charge < -0.3 is 15.2 Å². The molecule has 2 N–H and O–H groups in total. The van der Waals surface area contributed by atoms with Crippen molar-refractivity contribution < 1.29 is 14.3 Å². The number of nitrogen functional groups attached to an aromatic ring is 1. The van der Waals surface area contributed by atoms with E-state index in [9.17, 15) is 4.79 Å². The van der Waals surface area contributed by atoms with E-state index < -0.39 is 5.97 Å². The first-order valence-corrected chi connectivity index (χ1v) is 4.76. The van der Waals surface area contributed by atoms with Crippen LogP contribution in [0.1, 0.15) is 12.5 Å². The fraction of sp³-hybridized carbons (Fsp3) is 0.273. The third kappa shape index (κ3) is 2.89. The van der Waals surface area contributed by atoms with Crippen LogP contribution in [0.4, 0.5) is 5.69 Å². The maximum absolute atomic E-state index is 11.0. The predicted molar refractivity (Wildman–Crippen MR) is 57.7 cm³/mol. The van der Waals surface area contributed by atoms with Gasteiger partial charge in [-0.3, -0.25) is 0 Å². The Hall–Kier alpha value is -2.22. The number of hydrogen-bond donors (Lipinski definition) is 1. The highest BCUT2D eigenvalue weighted by molar-refractivity contribution is 5.71. The monoisotopic (exact) mass is 220 g/mol. The molecule has 1 rings (SSSR count). The average Bonchev–Trinajstić information content (AvgIpc) is 2.27. The van der Waals surface area contributed by atoms with Crippen molar-refractivity contribution in [2.75, 3.05) is 18.9 Å². The summed E-state index contributed by atoms with van der Waals surface area (Å²) in [6, 6.07) is 6.74. The molecule has 0 radical (unpaired) electrons. The molecule has 0 heterocycles. The van der Waals surface area contributed by atoms with Gasteiger partial charge >= 0.3 is 5.97 Å². The van der Waals surface area contributed by atoms with E-state index >= 15 is 0 Å². The summed E-state index contributed by atoms with van der Waals surface area (Å²) in [4.78, 5) is 11.0. The van der Waals surface area contributed by atoms with Crippen molar-refractivity contribution >= 4 is 11.7 Å². The van der Waals surface area contributed by atoms with Gasteiger partial charge in [-0.15, -0.1) is 0 Å². The molecule has 84 valence electrons. The minimum Gasteiger partial charge on any atom is -0.480 e. The number of esters is 1. The highest BCUT2D eigenvalue weighted by Crippen LogP contribution is 2.22. The quantitative estimate of drug-likeness (QED) is 0.606. The standard InChI is InChI=1S/C11H12N2O3/c1-2-15-11(14)7-16-10-5-3-4-9(13)8(10)6-12/h3-5H,2,7,13H2,1H3. The molecular formula is C11H12N2O3. The molecule has 0 atom stereocenters. The molecule has 5 nitrogen and oxygen atoms in total. The molecule has 0 saturated heterocycles. The Morgan fingerprint density at radius 1 is 1.56 bits per heavy atom. The fourth-order valence-corrected chi connectivity index (χ4v) is 1.13. The number of rotatable bonds is 4. The second kappa shape index (κ2) is 5.61. The number of hydrogen-bond acceptors (Lipinski definition) is 5. The summed E-state index contributed by atoms with van der Waals surface area (Å²) in [5.41, 5.74) is 6.13. The molecule has 0 aliphatic rings. The zero-order chi connectivity index (χ0) is 12.0. The Labute approximate surface area is 93.4 Å². The summed E-state index contributed by atoms with van der Waals surface area (Å²) in [6.07, 6.45) is 0. The number of benzene rings is 1. The van der Waals surface area contributed by atoms with E-state index in [2.05, 4.69) is 4.74 Å². The highest BCUT2D eigenvalue weighted by atomic mass is 16.6. The van der Waals surface area contributed by atoms with E-state index in [1.807, 2.05) is 6.07 Å². The van der Waals surface area contributed by atoms with E-state index in [1.54, 1.807) is 25.1 Å². The van der Waals surface area contributed by atoms with Gasteiger partial charge in [-0.05, 0) is 19.1 Å². The molecular weight excluding hydrogens is 208 g/mol. The van der Waals surface area contributed by atoms with Crippen molar-refractivity contribution in [2.24, 2.45) is 0 Å². The Morgan fingerprint density at radius 2 is 2.31 bits per heavy atom. The fourth-order valence-electron chi connectivity index (χ4n) is 1.13. The molecule has 0 unspecified atom stereocenters. The first-order chi connectivity index (χ1) is 7.69. The molecule has 0 aliphatic heterocycles. The van der Waals surface area contributed by atoms with Crippen LogP contribution in [0, 0.1) is 11.3 Å². The maximum Gasteiger partial charge on any atom is 0.344 e. The number of nitrogens with two attached hydrogens (primary N) is 1. The first-order valence-electron chi connectivity index (χ1n) is 4.76. The van der Waals surface area contributed by atoms with Crippen LogP contribution in [-0.4, -0.2) is 19.2 Å². The topological polar surface area (TPSA) is 85.3 Å². The SMILES string of the molecule is CCOC(=O)COc1cccc(N)c1C#N. The van der Waals surface area contributed by atoms with Crippen LogP contribution < -0.4 is 10.5 Å². The summed E-state index contributed by atoms with van der Waals surface area (Å²) in [5, 5.41) is 8.84. The summed E-state index contributed by atoms with van der Waals surface area (Å²) in [7, 11) is 0. The predicted octanol–water partition coefficient (Wildman–Crippen LogP) is 1.08. The van der Waals surface area contributed by atoms with Gasteiger partial charge in [0.25, 0.3) is 0 Å². The lowest BCUT2D eigenvalue weighted by Crippen LogP contribution is -2.15. The third-order valence-corrected chi connectivity index (χ3v) is 1.82. The van der Waals surface area contributed by atoms with Crippen molar-refractivity contribution in [3.8, 4) is 11.8 Å². The van der Waals surface area contributed by atoms with Gasteiger partial charge in [0.1, 0.15) is 17.4 Å². The van der Waals surface area contributed by atoms with Crippen molar-refractivity contribution in [2.45, 2.75) is 6.92 Å². The second-order valence-corrected chi connectivity index (χ2v) is 2.93. The Bertz CT molecular complexity index is 424. The molecule has 0 aromatic heterocycles. The van der Waals surface area contributed by atoms with Crippen molar-refractivity contribution in [3.05, 3.63) is 23.8 Å². The Kier molecular flexibility index (Phi) is 4.16. The van der Waals surface area contributed by atoms with Crippen LogP contribution >= 0.6 is 0 Å². The molecule has 0 fully saturated rings. The normalized spacial score (nSPS) is 9.25. The van der Waals surface area contributed by atoms with Gasteiger partial charge in [0, 0.05) is 0 Å².